The van der Waals surface area contributed by atoms with Gasteiger partial charge in [0.2, 0.25) is 5.91 Å². The fourth-order valence-electron chi connectivity index (χ4n) is 2.97. The van der Waals surface area contributed by atoms with Gasteiger partial charge in [0.25, 0.3) is 0 Å². The molecule has 2 fully saturated rings. The third-order valence-electron chi connectivity index (χ3n) is 4.39. The number of hydrogen-bond donors (Lipinski definition) is 1. The highest BCUT2D eigenvalue weighted by atomic mass is 35.5. The molecule has 1 atom stereocenters. The standard InChI is InChI=1S/C16H18ClN3OS/c1-9-6-11(17)7-13-14(9)19-16(22-13)20-5-4-10(8-20)15(21)18-12-2-3-12/h6-7,10,12H,2-5,8H2,1H3,(H,18,21). The Hall–Kier alpha value is -1.33. The Balaban J connectivity index is 1.52. The molecular weight excluding hydrogens is 318 g/mol. The number of amides is 1. The molecule has 116 valence electrons. The molecule has 1 amide bonds. The highest BCUT2D eigenvalue weighted by Crippen LogP contribution is 2.35. The van der Waals surface area contributed by atoms with E-state index in [0.29, 0.717) is 6.04 Å². The van der Waals surface area contributed by atoms with Crippen LogP contribution in [0.1, 0.15) is 24.8 Å². The Kier molecular flexibility index (Phi) is 3.50. The maximum absolute atomic E-state index is 12.2. The third-order valence-corrected chi connectivity index (χ3v) is 5.67. The highest BCUT2D eigenvalue weighted by molar-refractivity contribution is 7.22. The van der Waals surface area contributed by atoms with Crippen molar-refractivity contribution in [1.29, 1.82) is 0 Å². The van der Waals surface area contributed by atoms with Gasteiger partial charge in [-0.25, -0.2) is 4.98 Å². The summed E-state index contributed by atoms with van der Waals surface area (Å²) in [7, 11) is 0. The number of aryl methyl sites for hydroxylation is 1. The number of nitrogens with one attached hydrogen (secondary N) is 1. The molecular formula is C16H18ClN3OS. The van der Waals surface area contributed by atoms with Crippen LogP contribution in [0.25, 0.3) is 10.2 Å². The van der Waals surface area contributed by atoms with E-state index >= 15 is 0 Å². The van der Waals surface area contributed by atoms with Gasteiger partial charge in [-0.1, -0.05) is 22.9 Å². The van der Waals surface area contributed by atoms with E-state index < -0.39 is 0 Å². The minimum atomic E-state index is 0.0947. The second-order valence-corrected chi connectivity index (χ2v) is 7.73. The lowest BCUT2D eigenvalue weighted by Crippen LogP contribution is -2.34. The summed E-state index contributed by atoms with van der Waals surface area (Å²) in [5.41, 5.74) is 2.13. The average Bonchev–Trinajstić information content (AvgIpc) is 3.00. The van der Waals surface area contributed by atoms with Crippen molar-refractivity contribution in [3.05, 3.63) is 22.7 Å². The molecule has 1 saturated carbocycles. The monoisotopic (exact) mass is 335 g/mol. The second-order valence-electron chi connectivity index (χ2n) is 6.28. The molecule has 4 rings (SSSR count). The summed E-state index contributed by atoms with van der Waals surface area (Å²) < 4.78 is 1.12. The Labute approximate surface area is 138 Å². The predicted octanol–water partition coefficient (Wildman–Crippen LogP) is 3.36. The van der Waals surface area contributed by atoms with Crippen LogP contribution in [0.15, 0.2) is 12.1 Å². The zero-order chi connectivity index (χ0) is 15.3. The molecule has 2 aliphatic rings. The van der Waals surface area contributed by atoms with Crippen LogP contribution >= 0.6 is 22.9 Å². The first kappa shape index (κ1) is 14.3. The molecule has 2 aromatic rings. The van der Waals surface area contributed by atoms with E-state index in [-0.39, 0.29) is 11.8 Å². The van der Waals surface area contributed by atoms with Crippen molar-refractivity contribution in [2.24, 2.45) is 5.92 Å². The van der Waals surface area contributed by atoms with Crippen molar-refractivity contribution < 1.29 is 4.79 Å². The summed E-state index contributed by atoms with van der Waals surface area (Å²) in [5, 5.41) is 4.87. The Morgan fingerprint density at radius 3 is 3.00 bits per heavy atom. The first-order valence-electron chi connectivity index (χ1n) is 7.72. The minimum absolute atomic E-state index is 0.0947. The van der Waals surface area contributed by atoms with Crippen LogP contribution in [0, 0.1) is 12.8 Å². The van der Waals surface area contributed by atoms with E-state index in [1.165, 1.54) is 0 Å². The van der Waals surface area contributed by atoms with Gasteiger partial charge in [0.05, 0.1) is 16.1 Å². The van der Waals surface area contributed by atoms with Gasteiger partial charge in [0, 0.05) is 24.2 Å². The van der Waals surface area contributed by atoms with E-state index in [1.807, 2.05) is 19.1 Å². The van der Waals surface area contributed by atoms with Gasteiger partial charge in [0.1, 0.15) is 0 Å². The minimum Gasteiger partial charge on any atom is -0.353 e. The predicted molar refractivity (Wildman–Crippen MR) is 90.9 cm³/mol. The van der Waals surface area contributed by atoms with Gasteiger partial charge in [-0.3, -0.25) is 4.79 Å². The SMILES string of the molecule is Cc1cc(Cl)cc2sc(N3CCC(C(=O)NC4CC4)C3)nc12. The Morgan fingerprint density at radius 1 is 1.41 bits per heavy atom. The molecule has 1 N–H and O–H groups in total. The molecule has 4 nitrogen and oxygen atoms in total. The number of benzene rings is 1. The van der Waals surface area contributed by atoms with Crippen LogP contribution in [-0.4, -0.2) is 30.0 Å². The summed E-state index contributed by atoms with van der Waals surface area (Å²) >= 11 is 7.79. The van der Waals surface area contributed by atoms with Crippen LogP contribution in [0.3, 0.4) is 0 Å². The largest absolute Gasteiger partial charge is 0.353 e. The zero-order valence-electron chi connectivity index (χ0n) is 12.4. The zero-order valence-corrected chi connectivity index (χ0v) is 14.0. The topological polar surface area (TPSA) is 45.2 Å². The number of halogens is 1. The number of hydrogen-bond acceptors (Lipinski definition) is 4. The van der Waals surface area contributed by atoms with Crippen LogP contribution in [0.4, 0.5) is 5.13 Å². The van der Waals surface area contributed by atoms with Gasteiger partial charge in [-0.2, -0.15) is 0 Å². The molecule has 0 bridgehead atoms. The van der Waals surface area contributed by atoms with Crippen molar-refractivity contribution in [3.63, 3.8) is 0 Å². The first-order valence-corrected chi connectivity index (χ1v) is 8.91. The Bertz CT molecular complexity index is 740. The molecule has 1 aromatic carbocycles. The lowest BCUT2D eigenvalue weighted by atomic mass is 10.1. The molecule has 1 unspecified atom stereocenters. The fraction of sp³-hybridized carbons (Fsp3) is 0.500. The molecule has 0 spiro atoms. The van der Waals surface area contributed by atoms with Crippen LogP contribution in [0.5, 0.6) is 0 Å². The number of fused-ring (bicyclic) bond motifs is 1. The number of carbonyl (C=O) groups is 1. The fourth-order valence-corrected chi connectivity index (χ4v) is 4.43. The van der Waals surface area contributed by atoms with Crippen molar-refractivity contribution >= 4 is 44.2 Å². The molecule has 6 heteroatoms. The van der Waals surface area contributed by atoms with Crippen molar-refractivity contribution in [3.8, 4) is 0 Å². The molecule has 1 aliphatic heterocycles. The summed E-state index contributed by atoms with van der Waals surface area (Å²) in [6.45, 7) is 3.70. The molecule has 0 radical (unpaired) electrons. The average molecular weight is 336 g/mol. The molecule has 2 heterocycles. The van der Waals surface area contributed by atoms with Gasteiger partial charge in [-0.15, -0.1) is 0 Å². The number of nitrogens with zero attached hydrogens (tertiary/aromatic N) is 2. The number of thiazole rings is 1. The van der Waals surface area contributed by atoms with E-state index in [0.717, 1.165) is 58.3 Å². The van der Waals surface area contributed by atoms with E-state index in [1.54, 1.807) is 11.3 Å². The number of anilines is 1. The molecule has 22 heavy (non-hydrogen) atoms. The highest BCUT2D eigenvalue weighted by Gasteiger charge is 2.33. The van der Waals surface area contributed by atoms with E-state index in [4.69, 9.17) is 16.6 Å². The number of rotatable bonds is 3. The lowest BCUT2D eigenvalue weighted by Gasteiger charge is -2.14. The maximum Gasteiger partial charge on any atom is 0.225 e. The van der Waals surface area contributed by atoms with Crippen LogP contribution < -0.4 is 10.2 Å². The van der Waals surface area contributed by atoms with Gasteiger partial charge in [-0.05, 0) is 43.9 Å². The summed E-state index contributed by atoms with van der Waals surface area (Å²) in [5.74, 6) is 0.308. The summed E-state index contributed by atoms with van der Waals surface area (Å²) in [6.07, 6.45) is 3.19. The Morgan fingerprint density at radius 2 is 2.23 bits per heavy atom. The lowest BCUT2D eigenvalue weighted by molar-refractivity contribution is -0.124. The molecule has 1 aromatic heterocycles. The second kappa shape index (κ2) is 5.39. The third kappa shape index (κ3) is 2.68. The molecule has 1 aliphatic carbocycles. The van der Waals surface area contributed by atoms with Crippen molar-refractivity contribution in [2.75, 3.05) is 18.0 Å². The van der Waals surface area contributed by atoms with Gasteiger partial charge < -0.3 is 10.2 Å². The normalized spacial score (nSPS) is 21.5. The molecule has 1 saturated heterocycles. The quantitative estimate of drug-likeness (QED) is 0.935. The first-order chi connectivity index (χ1) is 10.6. The smallest absolute Gasteiger partial charge is 0.225 e. The van der Waals surface area contributed by atoms with E-state index in [2.05, 4.69) is 10.2 Å². The number of aromatic nitrogens is 1. The number of carbonyl (C=O) groups excluding carboxylic acids is 1. The van der Waals surface area contributed by atoms with Crippen LogP contribution in [-0.2, 0) is 4.79 Å². The van der Waals surface area contributed by atoms with E-state index in [9.17, 15) is 4.79 Å². The van der Waals surface area contributed by atoms with Crippen LogP contribution in [0.2, 0.25) is 5.02 Å². The summed E-state index contributed by atoms with van der Waals surface area (Å²) in [4.78, 5) is 19.2. The van der Waals surface area contributed by atoms with Crippen molar-refractivity contribution in [1.82, 2.24) is 10.3 Å². The summed E-state index contributed by atoms with van der Waals surface area (Å²) in [6, 6.07) is 4.36. The van der Waals surface area contributed by atoms with Gasteiger partial charge in [0.15, 0.2) is 5.13 Å². The van der Waals surface area contributed by atoms with Crippen molar-refractivity contribution in [2.45, 2.75) is 32.2 Å². The van der Waals surface area contributed by atoms with Gasteiger partial charge >= 0.3 is 0 Å². The maximum atomic E-state index is 12.2.